The quantitative estimate of drug-likeness (QED) is 0.542. The van der Waals surface area contributed by atoms with Gasteiger partial charge in [0.25, 0.3) is 5.95 Å². The van der Waals surface area contributed by atoms with Crippen molar-refractivity contribution in [3.05, 3.63) is 35.6 Å². The maximum absolute atomic E-state index is 14.7. The highest BCUT2D eigenvalue weighted by atomic mass is 35.5. The maximum atomic E-state index is 14.7. The van der Waals surface area contributed by atoms with Gasteiger partial charge in [-0.15, -0.1) is 24.8 Å². The zero-order valence-corrected chi connectivity index (χ0v) is 20.8. The number of nitrogens with zero attached hydrogens (tertiary/aromatic N) is 5. The van der Waals surface area contributed by atoms with E-state index < -0.39 is 0 Å². The molecule has 0 radical (unpaired) electrons. The van der Waals surface area contributed by atoms with Gasteiger partial charge in [0.15, 0.2) is 0 Å². The van der Waals surface area contributed by atoms with E-state index in [1.807, 2.05) is 6.07 Å². The summed E-state index contributed by atoms with van der Waals surface area (Å²) in [6.45, 7) is 8.57. The molecule has 1 atom stereocenters. The fraction of sp³-hybridized carbons (Fsp3) is 0.609. The summed E-state index contributed by atoms with van der Waals surface area (Å²) in [6, 6.07) is 5.80. The van der Waals surface area contributed by atoms with Crippen LogP contribution in [-0.4, -0.2) is 57.0 Å². The lowest BCUT2D eigenvalue weighted by molar-refractivity contribution is 0.120. The minimum absolute atomic E-state index is 0. The molecule has 2 aromatic heterocycles. The van der Waals surface area contributed by atoms with E-state index in [2.05, 4.69) is 34.2 Å². The van der Waals surface area contributed by atoms with Crippen LogP contribution in [0.5, 0.6) is 0 Å². The van der Waals surface area contributed by atoms with Gasteiger partial charge in [-0.3, -0.25) is 0 Å². The number of rotatable bonds is 5. The lowest BCUT2D eigenvalue weighted by Gasteiger charge is -2.38. The molecule has 5 rings (SSSR count). The van der Waals surface area contributed by atoms with Crippen LogP contribution in [0, 0.1) is 5.82 Å². The minimum atomic E-state index is -0.318. The van der Waals surface area contributed by atoms with Gasteiger partial charge in [0.05, 0.1) is 5.69 Å². The normalized spacial score (nSPS) is 19.2. The molecule has 1 aromatic carbocycles. The third-order valence-electron chi connectivity index (χ3n) is 7.09. The average Bonchev–Trinajstić information content (AvgIpc) is 3.45. The minimum Gasteiger partial charge on any atom is -0.337 e. The molecule has 7 nitrogen and oxygen atoms in total. The number of likely N-dealkylation sites (tertiary alicyclic amines) is 1. The largest absolute Gasteiger partial charge is 0.337 e. The van der Waals surface area contributed by atoms with Gasteiger partial charge >= 0.3 is 0 Å². The molecule has 0 amide bonds. The Hall–Kier alpha value is -1.74. The first-order valence-corrected chi connectivity index (χ1v) is 11.6. The van der Waals surface area contributed by atoms with E-state index in [1.165, 1.54) is 23.6 Å². The molecule has 2 aliphatic rings. The lowest BCUT2D eigenvalue weighted by Crippen LogP contribution is -2.46. The van der Waals surface area contributed by atoms with Crippen molar-refractivity contribution in [2.75, 3.05) is 26.2 Å². The zero-order chi connectivity index (χ0) is 21.4. The molecular formula is C23H33Cl2FN6O. The number of hydrogen-bond donors (Lipinski definition) is 1. The second-order valence-electron chi connectivity index (χ2n) is 8.97. The first-order valence-electron chi connectivity index (χ1n) is 11.6. The van der Waals surface area contributed by atoms with Gasteiger partial charge < -0.3 is 14.7 Å². The molecule has 1 unspecified atom stereocenters. The van der Waals surface area contributed by atoms with Crippen molar-refractivity contribution in [3.63, 3.8) is 0 Å². The SMILES string of the molecule is CCC(C)c1nn(-c2noc(C3CCN(C4CCNCC4)CC3)n2)c2c(F)cccc12.Cl.Cl. The van der Waals surface area contributed by atoms with Gasteiger partial charge in [0, 0.05) is 23.3 Å². The molecule has 2 fully saturated rings. The van der Waals surface area contributed by atoms with Gasteiger partial charge in [-0.25, -0.2) is 4.39 Å². The smallest absolute Gasteiger partial charge is 0.291 e. The van der Waals surface area contributed by atoms with Crippen LogP contribution in [0.25, 0.3) is 16.9 Å². The summed E-state index contributed by atoms with van der Waals surface area (Å²) < 4.78 is 21.9. The fourth-order valence-electron chi connectivity index (χ4n) is 5.01. The summed E-state index contributed by atoms with van der Waals surface area (Å²) in [5.41, 5.74) is 1.30. The number of halogens is 3. The highest BCUT2D eigenvalue weighted by Gasteiger charge is 2.30. The predicted octanol–water partition coefficient (Wildman–Crippen LogP) is 4.84. The van der Waals surface area contributed by atoms with Gasteiger partial charge in [-0.05, 0) is 69.5 Å². The molecule has 0 aliphatic carbocycles. The number of aromatic nitrogens is 4. The highest BCUT2D eigenvalue weighted by Crippen LogP contribution is 2.32. The Morgan fingerprint density at radius 2 is 1.88 bits per heavy atom. The van der Waals surface area contributed by atoms with Crippen molar-refractivity contribution in [2.45, 2.75) is 63.8 Å². The van der Waals surface area contributed by atoms with Gasteiger partial charge in [-0.2, -0.15) is 14.8 Å². The van der Waals surface area contributed by atoms with Gasteiger partial charge in [0.1, 0.15) is 11.3 Å². The Labute approximate surface area is 206 Å². The zero-order valence-electron chi connectivity index (χ0n) is 19.2. The van der Waals surface area contributed by atoms with Crippen molar-refractivity contribution < 1.29 is 8.91 Å². The molecule has 10 heteroatoms. The number of benzene rings is 1. The van der Waals surface area contributed by atoms with Crippen LogP contribution in [0.15, 0.2) is 22.7 Å². The molecular weight excluding hydrogens is 466 g/mol. The van der Waals surface area contributed by atoms with Crippen LogP contribution in [0.3, 0.4) is 0 Å². The Morgan fingerprint density at radius 3 is 2.58 bits per heavy atom. The Balaban J connectivity index is 0.00000153. The Morgan fingerprint density at radius 1 is 1.15 bits per heavy atom. The molecule has 0 bridgehead atoms. The molecule has 0 saturated carbocycles. The molecule has 0 spiro atoms. The molecule has 2 saturated heterocycles. The van der Waals surface area contributed by atoms with Crippen LogP contribution in [-0.2, 0) is 0 Å². The number of nitrogens with one attached hydrogen (secondary N) is 1. The first-order chi connectivity index (χ1) is 15.2. The van der Waals surface area contributed by atoms with Crippen molar-refractivity contribution in [3.8, 4) is 5.95 Å². The van der Waals surface area contributed by atoms with E-state index in [-0.39, 0.29) is 42.5 Å². The average molecular weight is 499 g/mol. The summed E-state index contributed by atoms with van der Waals surface area (Å²) >= 11 is 0. The van der Waals surface area contributed by atoms with Crippen LogP contribution in [0.2, 0.25) is 0 Å². The number of para-hydroxylation sites is 1. The van der Waals surface area contributed by atoms with Crippen molar-refractivity contribution >= 4 is 35.7 Å². The molecule has 2 aliphatic heterocycles. The molecule has 3 aromatic rings. The summed E-state index contributed by atoms with van der Waals surface area (Å²) in [5.74, 6) is 1.11. The van der Waals surface area contributed by atoms with E-state index in [4.69, 9.17) is 9.62 Å². The topological polar surface area (TPSA) is 72.0 Å². The van der Waals surface area contributed by atoms with Crippen molar-refractivity contribution in [2.24, 2.45) is 0 Å². The van der Waals surface area contributed by atoms with Crippen LogP contribution < -0.4 is 5.32 Å². The van der Waals surface area contributed by atoms with Crippen LogP contribution >= 0.6 is 24.8 Å². The summed E-state index contributed by atoms with van der Waals surface area (Å²) in [5, 5.41) is 13.1. The Kier molecular flexibility index (Phi) is 8.72. The van der Waals surface area contributed by atoms with Gasteiger partial charge in [0.2, 0.25) is 5.89 Å². The third-order valence-corrected chi connectivity index (χ3v) is 7.09. The molecule has 1 N–H and O–H groups in total. The summed E-state index contributed by atoms with van der Waals surface area (Å²) in [4.78, 5) is 7.27. The second-order valence-corrected chi connectivity index (χ2v) is 8.97. The van der Waals surface area contributed by atoms with Gasteiger partial charge in [-0.1, -0.05) is 26.0 Å². The fourth-order valence-corrected chi connectivity index (χ4v) is 5.01. The van der Waals surface area contributed by atoms with Crippen LogP contribution in [0.4, 0.5) is 4.39 Å². The number of hydrogen-bond acceptors (Lipinski definition) is 6. The molecule has 4 heterocycles. The van der Waals surface area contributed by atoms with E-state index in [0.29, 0.717) is 23.4 Å². The third kappa shape index (κ3) is 5.04. The highest BCUT2D eigenvalue weighted by molar-refractivity contribution is 5.86. The monoisotopic (exact) mass is 498 g/mol. The number of fused-ring (bicyclic) bond motifs is 1. The standard InChI is InChI=1S/C23H31FN6O.2ClH/c1-3-15(2)20-18-5-4-6-19(24)21(18)30(27-20)23-26-22(31-28-23)16-9-13-29(14-10-16)17-7-11-25-12-8-17;;/h4-6,15-17,25H,3,7-14H2,1-2H3;2*1H. The summed E-state index contributed by atoms with van der Waals surface area (Å²) in [7, 11) is 0. The Bertz CT molecular complexity index is 1040. The van der Waals surface area contributed by atoms with E-state index in [0.717, 1.165) is 56.5 Å². The maximum Gasteiger partial charge on any atom is 0.291 e. The van der Waals surface area contributed by atoms with E-state index >= 15 is 0 Å². The van der Waals surface area contributed by atoms with Crippen molar-refractivity contribution in [1.29, 1.82) is 0 Å². The van der Waals surface area contributed by atoms with E-state index in [1.54, 1.807) is 6.07 Å². The lowest BCUT2D eigenvalue weighted by atomic mass is 9.94. The second kappa shape index (κ2) is 11.1. The first kappa shape index (κ1) is 25.9. The van der Waals surface area contributed by atoms with E-state index in [9.17, 15) is 4.39 Å². The van der Waals surface area contributed by atoms with Crippen molar-refractivity contribution in [1.82, 2.24) is 30.1 Å². The molecule has 33 heavy (non-hydrogen) atoms. The molecule has 182 valence electrons. The summed E-state index contributed by atoms with van der Waals surface area (Å²) in [6.07, 6.45) is 5.41. The number of piperidine rings is 2. The van der Waals surface area contributed by atoms with Crippen LogP contribution in [0.1, 0.15) is 69.4 Å². The predicted molar refractivity (Wildman–Crippen MR) is 132 cm³/mol.